The van der Waals surface area contributed by atoms with E-state index in [0.29, 0.717) is 6.04 Å². The molecule has 0 aromatic carbocycles. The van der Waals surface area contributed by atoms with Crippen molar-refractivity contribution in [3.05, 3.63) is 12.7 Å². The number of nitrogens with zero attached hydrogens (tertiary/aromatic N) is 1. The van der Waals surface area contributed by atoms with Gasteiger partial charge in [-0.15, -0.1) is 6.58 Å². The first-order valence-corrected chi connectivity index (χ1v) is 3.75. The smallest absolute Gasteiger partial charge is 0.0696 e. The van der Waals surface area contributed by atoms with E-state index in [0.717, 1.165) is 19.4 Å². The summed E-state index contributed by atoms with van der Waals surface area (Å²) in [4.78, 5) is 2.14. The number of likely N-dealkylation sites (N-methyl/N-ethyl adjacent to an activating group) is 1. The first kappa shape index (κ1) is 7.76. The van der Waals surface area contributed by atoms with E-state index in [9.17, 15) is 5.11 Å². The molecule has 1 aliphatic rings. The van der Waals surface area contributed by atoms with Crippen molar-refractivity contribution < 1.29 is 5.11 Å². The summed E-state index contributed by atoms with van der Waals surface area (Å²) in [6.45, 7) is 4.52. The van der Waals surface area contributed by atoms with E-state index in [4.69, 9.17) is 0 Å². The standard InChI is InChI=1S/C8H15NO/c1-3-6-9(2)7-4-5-8(7)10/h3,7-8,10H,1,4-6H2,2H3. The van der Waals surface area contributed by atoms with Gasteiger partial charge in [-0.2, -0.15) is 0 Å². The van der Waals surface area contributed by atoms with Crippen molar-refractivity contribution in [2.45, 2.75) is 25.0 Å². The Kier molecular flexibility index (Phi) is 2.46. The first-order chi connectivity index (χ1) is 4.75. The van der Waals surface area contributed by atoms with Crippen LogP contribution in [-0.2, 0) is 0 Å². The molecule has 58 valence electrons. The molecule has 0 aromatic rings. The zero-order chi connectivity index (χ0) is 7.56. The van der Waals surface area contributed by atoms with E-state index in [2.05, 4.69) is 11.5 Å². The number of hydrogen-bond donors (Lipinski definition) is 1. The maximum atomic E-state index is 9.23. The van der Waals surface area contributed by atoms with Crippen molar-refractivity contribution in [1.82, 2.24) is 4.90 Å². The van der Waals surface area contributed by atoms with Gasteiger partial charge in [-0.3, -0.25) is 4.90 Å². The normalized spacial score (nSPS) is 31.9. The predicted octanol–water partition coefficient (Wildman–Crippen LogP) is 0.627. The van der Waals surface area contributed by atoms with Crippen LogP contribution in [0.25, 0.3) is 0 Å². The average molecular weight is 141 g/mol. The number of aliphatic hydroxyl groups is 1. The van der Waals surface area contributed by atoms with E-state index in [-0.39, 0.29) is 6.10 Å². The maximum absolute atomic E-state index is 9.23. The second-order valence-electron chi connectivity index (χ2n) is 2.94. The largest absolute Gasteiger partial charge is 0.391 e. The Morgan fingerprint density at radius 1 is 1.70 bits per heavy atom. The highest BCUT2D eigenvalue weighted by molar-refractivity contribution is 4.89. The molecule has 0 heterocycles. The molecule has 0 bridgehead atoms. The predicted molar refractivity (Wildman–Crippen MR) is 41.9 cm³/mol. The maximum Gasteiger partial charge on any atom is 0.0696 e. The summed E-state index contributed by atoms with van der Waals surface area (Å²) < 4.78 is 0. The highest BCUT2D eigenvalue weighted by Gasteiger charge is 2.31. The summed E-state index contributed by atoms with van der Waals surface area (Å²) in [5, 5.41) is 9.23. The Balaban J connectivity index is 2.26. The lowest BCUT2D eigenvalue weighted by atomic mass is 9.88. The molecule has 0 spiro atoms. The van der Waals surface area contributed by atoms with E-state index in [1.54, 1.807) is 0 Å². The molecule has 1 aliphatic carbocycles. The van der Waals surface area contributed by atoms with Gasteiger partial charge < -0.3 is 5.11 Å². The second kappa shape index (κ2) is 3.17. The van der Waals surface area contributed by atoms with Gasteiger partial charge in [0, 0.05) is 12.6 Å². The van der Waals surface area contributed by atoms with Crippen molar-refractivity contribution in [2.24, 2.45) is 0 Å². The second-order valence-corrected chi connectivity index (χ2v) is 2.94. The van der Waals surface area contributed by atoms with Crippen molar-refractivity contribution in [1.29, 1.82) is 0 Å². The fourth-order valence-electron chi connectivity index (χ4n) is 1.32. The van der Waals surface area contributed by atoms with Crippen molar-refractivity contribution in [2.75, 3.05) is 13.6 Å². The first-order valence-electron chi connectivity index (χ1n) is 3.75. The van der Waals surface area contributed by atoms with Crippen molar-refractivity contribution in [3.8, 4) is 0 Å². The highest BCUT2D eigenvalue weighted by Crippen LogP contribution is 2.23. The molecule has 0 aliphatic heterocycles. The van der Waals surface area contributed by atoms with Gasteiger partial charge in [0.15, 0.2) is 0 Å². The van der Waals surface area contributed by atoms with Gasteiger partial charge in [-0.05, 0) is 19.9 Å². The van der Waals surface area contributed by atoms with Crippen LogP contribution in [0.15, 0.2) is 12.7 Å². The minimum absolute atomic E-state index is 0.0926. The lowest BCUT2D eigenvalue weighted by Crippen LogP contribution is -2.48. The van der Waals surface area contributed by atoms with Crippen LogP contribution >= 0.6 is 0 Å². The SMILES string of the molecule is C=CCN(C)C1CCC1O. The Bertz CT molecular complexity index is 124. The fraction of sp³-hybridized carbons (Fsp3) is 0.750. The third-order valence-electron chi connectivity index (χ3n) is 2.19. The van der Waals surface area contributed by atoms with Crippen molar-refractivity contribution >= 4 is 0 Å². The summed E-state index contributed by atoms with van der Waals surface area (Å²) in [6, 6.07) is 0.387. The van der Waals surface area contributed by atoms with Crippen LogP contribution in [0.2, 0.25) is 0 Å². The fourth-order valence-corrected chi connectivity index (χ4v) is 1.32. The summed E-state index contributed by atoms with van der Waals surface area (Å²) in [5.41, 5.74) is 0. The van der Waals surface area contributed by atoms with Crippen LogP contribution in [0.3, 0.4) is 0 Å². The third kappa shape index (κ3) is 1.39. The molecule has 1 fully saturated rings. The van der Waals surface area contributed by atoms with Crippen LogP contribution in [0, 0.1) is 0 Å². The topological polar surface area (TPSA) is 23.5 Å². The molecule has 1 rings (SSSR count). The van der Waals surface area contributed by atoms with Crippen LogP contribution in [0.5, 0.6) is 0 Å². The minimum Gasteiger partial charge on any atom is -0.391 e. The molecule has 1 N–H and O–H groups in total. The van der Waals surface area contributed by atoms with Crippen molar-refractivity contribution in [3.63, 3.8) is 0 Å². The summed E-state index contributed by atoms with van der Waals surface area (Å²) >= 11 is 0. The Morgan fingerprint density at radius 3 is 2.70 bits per heavy atom. The number of hydrogen-bond acceptors (Lipinski definition) is 2. The molecule has 2 atom stereocenters. The van der Waals surface area contributed by atoms with Crippen LogP contribution in [0.4, 0.5) is 0 Å². The molecule has 0 aromatic heterocycles. The Labute approximate surface area is 62.2 Å². The summed E-state index contributed by atoms with van der Waals surface area (Å²) in [6.07, 6.45) is 3.87. The molecule has 2 nitrogen and oxygen atoms in total. The molecule has 0 amide bonds. The average Bonchev–Trinajstić information content (AvgIpc) is 1.85. The van der Waals surface area contributed by atoms with Crippen LogP contribution in [-0.4, -0.2) is 35.7 Å². The molecule has 2 unspecified atom stereocenters. The number of aliphatic hydroxyl groups excluding tert-OH is 1. The Hall–Kier alpha value is -0.340. The molecule has 0 radical (unpaired) electrons. The van der Waals surface area contributed by atoms with Crippen LogP contribution in [0.1, 0.15) is 12.8 Å². The zero-order valence-corrected chi connectivity index (χ0v) is 6.45. The van der Waals surface area contributed by atoms with Gasteiger partial charge in [0.25, 0.3) is 0 Å². The van der Waals surface area contributed by atoms with Gasteiger partial charge in [-0.1, -0.05) is 6.08 Å². The molecule has 0 saturated heterocycles. The molecular formula is C8H15NO. The minimum atomic E-state index is -0.0926. The molecular weight excluding hydrogens is 126 g/mol. The third-order valence-corrected chi connectivity index (χ3v) is 2.19. The zero-order valence-electron chi connectivity index (χ0n) is 6.45. The van der Waals surface area contributed by atoms with Gasteiger partial charge in [0.2, 0.25) is 0 Å². The quantitative estimate of drug-likeness (QED) is 0.583. The van der Waals surface area contributed by atoms with Crippen LogP contribution < -0.4 is 0 Å². The molecule has 1 saturated carbocycles. The lowest BCUT2D eigenvalue weighted by Gasteiger charge is -2.39. The van der Waals surface area contributed by atoms with E-state index >= 15 is 0 Å². The molecule has 2 heteroatoms. The van der Waals surface area contributed by atoms with Gasteiger partial charge in [0.05, 0.1) is 6.10 Å². The number of rotatable bonds is 3. The monoisotopic (exact) mass is 141 g/mol. The van der Waals surface area contributed by atoms with E-state index in [1.807, 2.05) is 13.1 Å². The van der Waals surface area contributed by atoms with Gasteiger partial charge in [-0.25, -0.2) is 0 Å². The summed E-state index contributed by atoms with van der Waals surface area (Å²) in [5.74, 6) is 0. The highest BCUT2D eigenvalue weighted by atomic mass is 16.3. The van der Waals surface area contributed by atoms with E-state index in [1.165, 1.54) is 0 Å². The van der Waals surface area contributed by atoms with Gasteiger partial charge in [0.1, 0.15) is 0 Å². The lowest BCUT2D eigenvalue weighted by molar-refractivity contribution is -0.00509. The Morgan fingerprint density at radius 2 is 2.40 bits per heavy atom. The van der Waals surface area contributed by atoms with E-state index < -0.39 is 0 Å². The summed E-state index contributed by atoms with van der Waals surface area (Å²) in [7, 11) is 2.02. The molecule has 10 heavy (non-hydrogen) atoms. The van der Waals surface area contributed by atoms with Gasteiger partial charge >= 0.3 is 0 Å².